The highest BCUT2D eigenvalue weighted by molar-refractivity contribution is 8.18. The second-order valence-corrected chi connectivity index (χ2v) is 9.74. The molecule has 4 amide bonds. The van der Waals surface area contributed by atoms with E-state index in [2.05, 4.69) is 20.6 Å². The smallest absolute Gasteiger partial charge is 0.319 e. The Bertz CT molecular complexity index is 1410. The van der Waals surface area contributed by atoms with Crippen LogP contribution in [0.25, 0.3) is 17.1 Å². The number of urea groups is 1. The van der Waals surface area contributed by atoms with Gasteiger partial charge in [-0.1, -0.05) is 30.3 Å². The minimum atomic E-state index is -0.373. The fraction of sp³-hybridized carbons (Fsp3) is 0.120. The van der Waals surface area contributed by atoms with Crippen LogP contribution in [0.4, 0.5) is 15.3 Å². The Morgan fingerprint density at radius 1 is 1.08 bits per heavy atom. The van der Waals surface area contributed by atoms with E-state index in [-0.39, 0.29) is 23.7 Å². The highest BCUT2D eigenvalue weighted by Crippen LogP contribution is 2.34. The van der Waals surface area contributed by atoms with E-state index < -0.39 is 0 Å². The molecule has 3 N–H and O–H groups in total. The highest BCUT2D eigenvalue weighted by Gasteiger charge is 2.34. The first-order valence-corrected chi connectivity index (χ1v) is 12.8. The molecule has 0 saturated carbocycles. The van der Waals surface area contributed by atoms with Crippen LogP contribution < -0.4 is 10.6 Å². The van der Waals surface area contributed by atoms with Gasteiger partial charge in [-0.2, -0.15) is 0 Å². The molecule has 2 aromatic carbocycles. The number of para-hydroxylation sites is 3. The molecule has 1 fully saturated rings. The Morgan fingerprint density at radius 2 is 1.89 bits per heavy atom. The summed E-state index contributed by atoms with van der Waals surface area (Å²) in [7, 11) is 0. The Balaban J connectivity index is 1.12. The average Bonchev–Trinajstić information content (AvgIpc) is 3.56. The van der Waals surface area contributed by atoms with E-state index in [1.165, 1.54) is 16.7 Å². The molecule has 2 aromatic heterocycles. The Hall–Kier alpha value is -3.96. The molecule has 182 valence electrons. The molecular weight excluding hydrogens is 498 g/mol. The average molecular weight is 520 g/mol. The first-order chi connectivity index (χ1) is 17.5. The molecule has 1 aliphatic rings. The molecule has 3 heterocycles. The molecular formula is C25H21N5O4S2. The van der Waals surface area contributed by atoms with Crippen LogP contribution in [0.15, 0.2) is 86.3 Å². The van der Waals surface area contributed by atoms with Gasteiger partial charge in [-0.15, -0.1) is 0 Å². The number of imidazole rings is 1. The van der Waals surface area contributed by atoms with Crippen LogP contribution in [-0.4, -0.2) is 45.1 Å². The predicted octanol–water partition coefficient (Wildman–Crippen LogP) is 5.56. The molecule has 1 saturated heterocycles. The van der Waals surface area contributed by atoms with Crippen LogP contribution in [-0.2, 0) is 4.79 Å². The van der Waals surface area contributed by atoms with Crippen LogP contribution in [0.5, 0.6) is 0 Å². The molecule has 0 atom stereocenters. The van der Waals surface area contributed by atoms with Crippen molar-refractivity contribution in [2.75, 3.05) is 18.4 Å². The van der Waals surface area contributed by atoms with E-state index in [0.717, 1.165) is 22.8 Å². The predicted molar refractivity (Wildman–Crippen MR) is 140 cm³/mol. The normalized spacial score (nSPS) is 14.7. The minimum Gasteiger partial charge on any atom is -0.450 e. The van der Waals surface area contributed by atoms with Crippen molar-refractivity contribution < 1.29 is 18.8 Å². The van der Waals surface area contributed by atoms with E-state index in [4.69, 9.17) is 4.42 Å². The number of nitrogens with one attached hydrogen (secondary N) is 3. The molecule has 1 aliphatic heterocycles. The number of H-pyrrole nitrogens is 1. The van der Waals surface area contributed by atoms with Crippen LogP contribution in [0, 0.1) is 0 Å². The summed E-state index contributed by atoms with van der Waals surface area (Å²) in [5.74, 6) is 0.0972. The third-order valence-corrected chi connectivity index (χ3v) is 6.90. The first kappa shape index (κ1) is 23.8. The van der Waals surface area contributed by atoms with Gasteiger partial charge in [-0.3, -0.25) is 14.5 Å². The van der Waals surface area contributed by atoms with Gasteiger partial charge in [0.25, 0.3) is 11.1 Å². The third kappa shape index (κ3) is 5.64. The summed E-state index contributed by atoms with van der Waals surface area (Å²) in [6, 6.07) is 20.0. The second-order valence-electron chi connectivity index (χ2n) is 7.75. The monoisotopic (exact) mass is 519 g/mol. The fourth-order valence-electron chi connectivity index (χ4n) is 3.50. The number of rotatable bonds is 8. The molecule has 0 aliphatic carbocycles. The zero-order chi connectivity index (χ0) is 24.9. The summed E-state index contributed by atoms with van der Waals surface area (Å²) in [5.41, 5.74) is 2.49. The number of anilines is 1. The number of furan rings is 1. The molecule has 0 spiro atoms. The van der Waals surface area contributed by atoms with Gasteiger partial charge >= 0.3 is 6.03 Å². The van der Waals surface area contributed by atoms with Crippen molar-refractivity contribution in [2.45, 2.75) is 16.7 Å². The number of aromatic nitrogens is 2. The van der Waals surface area contributed by atoms with E-state index >= 15 is 0 Å². The molecule has 36 heavy (non-hydrogen) atoms. The molecule has 9 nitrogen and oxygen atoms in total. The number of hydrogen-bond acceptors (Lipinski definition) is 7. The molecule has 0 unspecified atom stereocenters. The zero-order valence-corrected chi connectivity index (χ0v) is 20.5. The summed E-state index contributed by atoms with van der Waals surface area (Å²) >= 11 is 2.21. The lowest BCUT2D eigenvalue weighted by atomic mass is 10.3. The molecule has 0 bridgehead atoms. The van der Waals surface area contributed by atoms with Gasteiger partial charge in [-0.25, -0.2) is 9.78 Å². The topological polar surface area (TPSA) is 120 Å². The lowest BCUT2D eigenvalue weighted by Gasteiger charge is -2.12. The third-order valence-electron chi connectivity index (χ3n) is 5.19. The minimum absolute atomic E-state index is 0.207. The van der Waals surface area contributed by atoms with Crippen LogP contribution in [0.2, 0.25) is 0 Å². The number of fused-ring (bicyclic) bond motifs is 1. The summed E-state index contributed by atoms with van der Waals surface area (Å²) in [5, 5.41) is 6.40. The maximum Gasteiger partial charge on any atom is 0.319 e. The van der Waals surface area contributed by atoms with Gasteiger partial charge in [0.2, 0.25) is 0 Å². The summed E-state index contributed by atoms with van der Waals surface area (Å²) in [6.45, 7) is 0.527. The molecule has 0 radical (unpaired) electrons. The summed E-state index contributed by atoms with van der Waals surface area (Å²) < 4.78 is 5.81. The SMILES string of the molecule is O=C(NCCCN1C(=O)SC(=Cc2ccc(Sc3nc4ccccc4[nH]3)o2)C1=O)Nc1ccccc1. The van der Waals surface area contributed by atoms with E-state index in [1.807, 2.05) is 42.5 Å². The summed E-state index contributed by atoms with van der Waals surface area (Å²) in [4.78, 5) is 46.3. The van der Waals surface area contributed by atoms with Gasteiger partial charge in [-0.05, 0) is 66.3 Å². The fourth-order valence-corrected chi connectivity index (χ4v) is 5.11. The van der Waals surface area contributed by atoms with Gasteiger partial charge in [0.15, 0.2) is 10.2 Å². The Kier molecular flexibility index (Phi) is 7.10. The number of thioether (sulfide) groups is 1. The number of benzene rings is 2. The maximum atomic E-state index is 12.7. The Morgan fingerprint density at radius 3 is 2.72 bits per heavy atom. The van der Waals surface area contributed by atoms with Gasteiger partial charge in [0.05, 0.1) is 15.9 Å². The number of aromatic amines is 1. The van der Waals surface area contributed by atoms with Crippen molar-refractivity contribution in [3.05, 3.63) is 77.4 Å². The standard InChI is InChI=1S/C25H21N5O4S2/c31-22-20(15-17-11-12-21(34-17)36-24-28-18-9-4-5-10-19(18)29-24)35-25(33)30(22)14-6-13-26-23(32)27-16-7-2-1-3-8-16/h1-5,7-12,15H,6,13-14H2,(H,28,29)(H2,26,27,32). The molecule has 11 heteroatoms. The van der Waals surface area contributed by atoms with Gasteiger partial charge < -0.3 is 20.0 Å². The van der Waals surface area contributed by atoms with Crippen molar-refractivity contribution in [3.8, 4) is 0 Å². The zero-order valence-electron chi connectivity index (χ0n) is 18.9. The van der Waals surface area contributed by atoms with Gasteiger partial charge in [0, 0.05) is 24.9 Å². The number of amides is 4. The highest BCUT2D eigenvalue weighted by atomic mass is 32.2. The maximum absolute atomic E-state index is 12.7. The Labute approximate surface area is 214 Å². The number of hydrogen-bond donors (Lipinski definition) is 3. The molecule has 5 rings (SSSR count). The van der Waals surface area contributed by atoms with E-state index in [0.29, 0.717) is 39.6 Å². The van der Waals surface area contributed by atoms with Crippen molar-refractivity contribution in [3.63, 3.8) is 0 Å². The lowest BCUT2D eigenvalue weighted by Crippen LogP contribution is -2.34. The largest absolute Gasteiger partial charge is 0.450 e. The second kappa shape index (κ2) is 10.8. The lowest BCUT2D eigenvalue weighted by molar-refractivity contribution is -0.122. The number of carbonyl (C=O) groups is 3. The first-order valence-electron chi connectivity index (χ1n) is 11.1. The van der Waals surface area contributed by atoms with Crippen LogP contribution in [0.3, 0.4) is 0 Å². The quantitative estimate of drug-likeness (QED) is 0.206. The van der Waals surface area contributed by atoms with Crippen LogP contribution >= 0.6 is 23.5 Å². The van der Waals surface area contributed by atoms with E-state index in [9.17, 15) is 14.4 Å². The number of imide groups is 1. The van der Waals surface area contributed by atoms with E-state index in [1.54, 1.807) is 30.3 Å². The van der Waals surface area contributed by atoms with Crippen molar-refractivity contribution in [1.29, 1.82) is 0 Å². The van der Waals surface area contributed by atoms with Crippen LogP contribution in [0.1, 0.15) is 12.2 Å². The van der Waals surface area contributed by atoms with Crippen molar-refractivity contribution in [2.24, 2.45) is 0 Å². The summed E-state index contributed by atoms with van der Waals surface area (Å²) in [6.07, 6.45) is 2.01. The molecule has 4 aromatic rings. The van der Waals surface area contributed by atoms with Gasteiger partial charge in [0.1, 0.15) is 5.76 Å². The number of nitrogens with zero attached hydrogens (tertiary/aromatic N) is 2. The van der Waals surface area contributed by atoms with Crippen molar-refractivity contribution in [1.82, 2.24) is 20.2 Å². The number of carbonyl (C=O) groups excluding carboxylic acids is 3. The van der Waals surface area contributed by atoms with Crippen molar-refractivity contribution >= 4 is 63.5 Å².